The topological polar surface area (TPSA) is 45.4 Å². The van der Waals surface area contributed by atoms with Crippen molar-refractivity contribution in [3.63, 3.8) is 0 Å². The molecule has 13 heavy (non-hydrogen) atoms. The lowest BCUT2D eigenvalue weighted by Gasteiger charge is -1.93. The van der Waals surface area contributed by atoms with Gasteiger partial charge < -0.3 is 4.84 Å². The van der Waals surface area contributed by atoms with Crippen molar-refractivity contribution in [1.82, 2.24) is 0 Å². The molecule has 0 amide bonds. The van der Waals surface area contributed by atoms with Gasteiger partial charge in [0.05, 0.1) is 17.8 Å². The average molecular weight is 174 g/mol. The monoisotopic (exact) mass is 174 g/mol. The van der Waals surface area contributed by atoms with Gasteiger partial charge in [-0.1, -0.05) is 17.3 Å². The van der Waals surface area contributed by atoms with E-state index in [1.165, 1.54) is 0 Å². The van der Waals surface area contributed by atoms with E-state index in [1.54, 1.807) is 18.3 Å². The standard InChI is InChI=1S/C10H10N2O/c1-2-13-12-8-10-5-3-4-9(6-10)7-11/h3-6,8H,2H2,1H3. The van der Waals surface area contributed by atoms with Crippen molar-refractivity contribution in [1.29, 1.82) is 5.26 Å². The predicted molar refractivity (Wildman–Crippen MR) is 50.4 cm³/mol. The first-order valence-corrected chi connectivity index (χ1v) is 4.02. The fraction of sp³-hybridized carbons (Fsp3) is 0.200. The molecular formula is C10H10N2O. The van der Waals surface area contributed by atoms with Crippen LogP contribution in [0.15, 0.2) is 29.4 Å². The van der Waals surface area contributed by atoms with Crippen molar-refractivity contribution in [2.45, 2.75) is 6.92 Å². The van der Waals surface area contributed by atoms with Crippen LogP contribution in [-0.4, -0.2) is 12.8 Å². The lowest BCUT2D eigenvalue weighted by atomic mass is 10.1. The van der Waals surface area contributed by atoms with Gasteiger partial charge in [0.2, 0.25) is 0 Å². The molecule has 0 saturated carbocycles. The molecule has 66 valence electrons. The van der Waals surface area contributed by atoms with E-state index in [9.17, 15) is 0 Å². The van der Waals surface area contributed by atoms with Crippen LogP contribution in [0.1, 0.15) is 18.1 Å². The van der Waals surface area contributed by atoms with Gasteiger partial charge in [0, 0.05) is 0 Å². The maximum atomic E-state index is 8.61. The first-order valence-electron chi connectivity index (χ1n) is 4.02. The van der Waals surface area contributed by atoms with Crippen LogP contribution in [0.25, 0.3) is 0 Å². The van der Waals surface area contributed by atoms with Gasteiger partial charge in [-0.2, -0.15) is 5.26 Å². The number of benzene rings is 1. The lowest BCUT2D eigenvalue weighted by Crippen LogP contribution is -1.85. The molecule has 0 unspecified atom stereocenters. The van der Waals surface area contributed by atoms with Gasteiger partial charge in [0.1, 0.15) is 6.61 Å². The zero-order valence-electron chi connectivity index (χ0n) is 7.40. The number of nitriles is 1. The minimum absolute atomic E-state index is 0.550. The molecule has 1 rings (SSSR count). The van der Waals surface area contributed by atoms with Crippen molar-refractivity contribution in [2.75, 3.05) is 6.61 Å². The highest BCUT2D eigenvalue weighted by molar-refractivity contribution is 5.79. The van der Waals surface area contributed by atoms with E-state index >= 15 is 0 Å². The fourth-order valence-electron chi connectivity index (χ4n) is 0.861. The molecule has 0 aliphatic carbocycles. The van der Waals surface area contributed by atoms with E-state index in [0.29, 0.717) is 12.2 Å². The lowest BCUT2D eigenvalue weighted by molar-refractivity contribution is 0.160. The molecule has 0 aromatic heterocycles. The van der Waals surface area contributed by atoms with Gasteiger partial charge in [-0.3, -0.25) is 0 Å². The van der Waals surface area contributed by atoms with Crippen molar-refractivity contribution < 1.29 is 4.84 Å². The molecule has 0 fully saturated rings. The van der Waals surface area contributed by atoms with Crippen molar-refractivity contribution in [3.05, 3.63) is 35.4 Å². The molecule has 1 aromatic carbocycles. The summed E-state index contributed by atoms with van der Waals surface area (Å²) in [6.45, 7) is 2.41. The Kier molecular flexibility index (Phi) is 3.52. The summed E-state index contributed by atoms with van der Waals surface area (Å²) in [5.41, 5.74) is 1.49. The number of nitrogens with zero attached hydrogens (tertiary/aromatic N) is 2. The fourth-order valence-corrected chi connectivity index (χ4v) is 0.861. The smallest absolute Gasteiger partial charge is 0.114 e. The number of hydrogen-bond donors (Lipinski definition) is 0. The highest BCUT2D eigenvalue weighted by Gasteiger charge is 1.90. The predicted octanol–water partition coefficient (Wildman–Crippen LogP) is 1.93. The largest absolute Gasteiger partial charge is 0.396 e. The summed E-state index contributed by atoms with van der Waals surface area (Å²) in [7, 11) is 0. The van der Waals surface area contributed by atoms with Gasteiger partial charge in [0.25, 0.3) is 0 Å². The van der Waals surface area contributed by atoms with Crippen LogP contribution < -0.4 is 0 Å². The average Bonchev–Trinajstić information content (AvgIpc) is 2.19. The zero-order chi connectivity index (χ0) is 9.52. The van der Waals surface area contributed by atoms with Crippen molar-refractivity contribution >= 4 is 6.21 Å². The van der Waals surface area contributed by atoms with Crippen LogP contribution >= 0.6 is 0 Å². The first kappa shape index (κ1) is 9.27. The SMILES string of the molecule is CCON=Cc1cccc(C#N)c1. The summed E-state index contributed by atoms with van der Waals surface area (Å²) >= 11 is 0. The molecule has 0 aliphatic rings. The Morgan fingerprint density at radius 3 is 3.15 bits per heavy atom. The van der Waals surface area contributed by atoms with Crippen LogP contribution in [0.4, 0.5) is 0 Å². The molecule has 0 spiro atoms. The number of hydrogen-bond acceptors (Lipinski definition) is 3. The summed E-state index contributed by atoms with van der Waals surface area (Å²) in [5.74, 6) is 0. The molecule has 0 heterocycles. The Labute approximate surface area is 77.2 Å². The maximum Gasteiger partial charge on any atom is 0.114 e. The van der Waals surface area contributed by atoms with Crippen LogP contribution in [0.5, 0.6) is 0 Å². The second kappa shape index (κ2) is 4.94. The van der Waals surface area contributed by atoms with Crippen molar-refractivity contribution in [3.8, 4) is 6.07 Å². The van der Waals surface area contributed by atoms with Crippen LogP contribution in [0.2, 0.25) is 0 Å². The highest BCUT2D eigenvalue weighted by Crippen LogP contribution is 2.01. The maximum absolute atomic E-state index is 8.61. The summed E-state index contributed by atoms with van der Waals surface area (Å²) in [4.78, 5) is 4.80. The third kappa shape index (κ3) is 2.96. The van der Waals surface area contributed by atoms with E-state index in [-0.39, 0.29) is 0 Å². The van der Waals surface area contributed by atoms with E-state index in [2.05, 4.69) is 11.2 Å². The first-order chi connectivity index (χ1) is 6.36. The molecular weight excluding hydrogens is 164 g/mol. The third-order valence-electron chi connectivity index (χ3n) is 1.42. The Morgan fingerprint density at radius 2 is 2.46 bits per heavy atom. The van der Waals surface area contributed by atoms with Gasteiger partial charge in [-0.05, 0) is 24.6 Å². The molecule has 0 saturated heterocycles. The normalized spacial score (nSPS) is 9.85. The molecule has 3 nitrogen and oxygen atoms in total. The van der Waals surface area contributed by atoms with Gasteiger partial charge in [0.15, 0.2) is 0 Å². The number of rotatable bonds is 3. The van der Waals surface area contributed by atoms with Gasteiger partial charge in [-0.25, -0.2) is 0 Å². The van der Waals surface area contributed by atoms with Crippen LogP contribution in [-0.2, 0) is 4.84 Å². The minimum atomic E-state index is 0.550. The van der Waals surface area contributed by atoms with Gasteiger partial charge >= 0.3 is 0 Å². The summed E-state index contributed by atoms with van der Waals surface area (Å²) in [5, 5.41) is 12.3. The van der Waals surface area contributed by atoms with Gasteiger partial charge in [-0.15, -0.1) is 0 Å². The van der Waals surface area contributed by atoms with Crippen LogP contribution in [0.3, 0.4) is 0 Å². The minimum Gasteiger partial charge on any atom is -0.396 e. The molecule has 0 aliphatic heterocycles. The highest BCUT2D eigenvalue weighted by atomic mass is 16.6. The van der Waals surface area contributed by atoms with Crippen molar-refractivity contribution in [2.24, 2.45) is 5.16 Å². The molecule has 0 N–H and O–H groups in total. The summed E-state index contributed by atoms with van der Waals surface area (Å²) < 4.78 is 0. The van der Waals surface area contributed by atoms with E-state index < -0.39 is 0 Å². The number of oxime groups is 1. The Bertz CT molecular complexity index is 339. The molecule has 3 heteroatoms. The van der Waals surface area contributed by atoms with E-state index in [4.69, 9.17) is 10.1 Å². The zero-order valence-corrected chi connectivity index (χ0v) is 7.40. The second-order valence-corrected chi connectivity index (χ2v) is 2.39. The Balaban J connectivity index is 2.73. The van der Waals surface area contributed by atoms with E-state index in [1.807, 2.05) is 19.1 Å². The van der Waals surface area contributed by atoms with E-state index in [0.717, 1.165) is 5.56 Å². The third-order valence-corrected chi connectivity index (χ3v) is 1.42. The van der Waals surface area contributed by atoms with Crippen LogP contribution in [0, 0.1) is 11.3 Å². The molecule has 0 bridgehead atoms. The Hall–Kier alpha value is -1.82. The summed E-state index contributed by atoms with van der Waals surface area (Å²) in [6, 6.07) is 9.23. The molecule has 0 atom stereocenters. The summed E-state index contributed by atoms with van der Waals surface area (Å²) in [6.07, 6.45) is 1.59. The molecule has 1 aromatic rings. The quantitative estimate of drug-likeness (QED) is 0.519. The second-order valence-electron chi connectivity index (χ2n) is 2.39. The molecule has 0 radical (unpaired) electrons. The Morgan fingerprint density at radius 1 is 1.62 bits per heavy atom.